The van der Waals surface area contributed by atoms with Crippen molar-refractivity contribution in [3.63, 3.8) is 0 Å². The number of aryl methyl sites for hydroxylation is 2. The fourth-order valence-corrected chi connectivity index (χ4v) is 3.57. The first-order valence-electron chi connectivity index (χ1n) is 8.30. The predicted molar refractivity (Wildman–Crippen MR) is 109 cm³/mol. The number of aromatic nitrogens is 1. The second kappa shape index (κ2) is 8.33. The third-order valence-corrected chi connectivity index (χ3v) is 5.09. The van der Waals surface area contributed by atoms with Gasteiger partial charge in [0.05, 0.1) is 6.54 Å². The van der Waals surface area contributed by atoms with Gasteiger partial charge < -0.3 is 10.6 Å². The number of halogens is 1. The summed E-state index contributed by atoms with van der Waals surface area (Å²) in [4.78, 5) is 28.8. The van der Waals surface area contributed by atoms with E-state index in [1.807, 2.05) is 44.2 Å². The van der Waals surface area contributed by atoms with Crippen LogP contribution in [-0.2, 0) is 4.79 Å². The Morgan fingerprint density at radius 2 is 1.81 bits per heavy atom. The van der Waals surface area contributed by atoms with Crippen molar-refractivity contribution >= 4 is 40.4 Å². The highest BCUT2D eigenvalue weighted by Gasteiger charge is 2.14. The summed E-state index contributed by atoms with van der Waals surface area (Å²) in [6, 6.07) is 13.1. The van der Waals surface area contributed by atoms with Crippen LogP contribution in [0.4, 0.5) is 5.69 Å². The summed E-state index contributed by atoms with van der Waals surface area (Å²) in [5.41, 5.74) is 3.84. The van der Waals surface area contributed by atoms with Gasteiger partial charge in [-0.05, 0) is 37.1 Å². The summed E-state index contributed by atoms with van der Waals surface area (Å²) in [6.07, 6.45) is 0. The fourth-order valence-electron chi connectivity index (χ4n) is 2.58. The second-order valence-electron chi connectivity index (χ2n) is 6.05. The highest BCUT2D eigenvalue weighted by atomic mass is 35.5. The highest BCUT2D eigenvalue weighted by molar-refractivity contribution is 7.13. The zero-order valence-corrected chi connectivity index (χ0v) is 16.4. The number of carbonyl (C=O) groups excluding carboxylic acids is 2. The van der Waals surface area contributed by atoms with Gasteiger partial charge in [-0.1, -0.05) is 41.9 Å². The van der Waals surface area contributed by atoms with E-state index in [0.29, 0.717) is 10.0 Å². The number of hydrogen-bond acceptors (Lipinski definition) is 4. The summed E-state index contributed by atoms with van der Waals surface area (Å²) in [7, 11) is 0. The first-order valence-corrected chi connectivity index (χ1v) is 9.55. The molecule has 0 unspecified atom stereocenters. The van der Waals surface area contributed by atoms with Gasteiger partial charge >= 0.3 is 0 Å². The predicted octanol–water partition coefficient (Wildman–Crippen LogP) is 4.45. The van der Waals surface area contributed by atoms with Crippen molar-refractivity contribution in [3.8, 4) is 10.6 Å². The van der Waals surface area contributed by atoms with Crippen LogP contribution in [0.1, 0.15) is 21.6 Å². The molecule has 0 bridgehead atoms. The molecule has 0 aliphatic carbocycles. The number of hydrogen-bond donors (Lipinski definition) is 2. The number of thiazole rings is 1. The number of amides is 2. The van der Waals surface area contributed by atoms with E-state index in [-0.39, 0.29) is 18.1 Å². The van der Waals surface area contributed by atoms with Gasteiger partial charge in [0.25, 0.3) is 5.91 Å². The molecule has 0 aliphatic heterocycles. The van der Waals surface area contributed by atoms with Crippen molar-refractivity contribution in [3.05, 3.63) is 69.7 Å². The Kier molecular flexibility index (Phi) is 5.88. The van der Waals surface area contributed by atoms with Crippen LogP contribution in [0.15, 0.2) is 47.8 Å². The molecule has 2 aromatic carbocycles. The molecule has 0 fully saturated rings. The third kappa shape index (κ3) is 4.72. The molecule has 0 spiro atoms. The molecule has 0 radical (unpaired) electrons. The minimum atomic E-state index is -0.392. The Balaban J connectivity index is 1.60. The van der Waals surface area contributed by atoms with Gasteiger partial charge in [-0.25, -0.2) is 4.98 Å². The van der Waals surface area contributed by atoms with E-state index in [2.05, 4.69) is 15.6 Å². The first kappa shape index (κ1) is 19.1. The average Bonchev–Trinajstić information content (AvgIpc) is 3.13. The van der Waals surface area contributed by atoms with Crippen molar-refractivity contribution in [1.29, 1.82) is 0 Å². The van der Waals surface area contributed by atoms with Crippen LogP contribution < -0.4 is 10.6 Å². The van der Waals surface area contributed by atoms with E-state index < -0.39 is 5.91 Å². The monoisotopic (exact) mass is 399 g/mol. The molecule has 0 atom stereocenters. The van der Waals surface area contributed by atoms with Gasteiger partial charge in [0.2, 0.25) is 5.91 Å². The van der Waals surface area contributed by atoms with Crippen molar-refractivity contribution in [2.45, 2.75) is 13.8 Å². The van der Waals surface area contributed by atoms with Crippen LogP contribution in [0.25, 0.3) is 10.6 Å². The number of benzene rings is 2. The smallest absolute Gasteiger partial charge is 0.271 e. The van der Waals surface area contributed by atoms with E-state index in [9.17, 15) is 9.59 Å². The van der Waals surface area contributed by atoms with Crippen molar-refractivity contribution < 1.29 is 9.59 Å². The Labute approximate surface area is 166 Å². The van der Waals surface area contributed by atoms with Crippen molar-refractivity contribution in [1.82, 2.24) is 10.3 Å². The number of carbonyl (C=O) groups is 2. The molecule has 3 rings (SSSR count). The molecule has 1 aromatic heterocycles. The highest BCUT2D eigenvalue weighted by Crippen LogP contribution is 2.26. The molecule has 27 heavy (non-hydrogen) atoms. The van der Waals surface area contributed by atoms with Crippen molar-refractivity contribution in [2.75, 3.05) is 11.9 Å². The number of rotatable bonds is 5. The Bertz CT molecular complexity index is 980. The molecule has 3 aromatic rings. The van der Waals surface area contributed by atoms with Crippen LogP contribution >= 0.6 is 22.9 Å². The summed E-state index contributed by atoms with van der Waals surface area (Å²) < 4.78 is 0. The van der Waals surface area contributed by atoms with E-state index >= 15 is 0 Å². The van der Waals surface area contributed by atoms with Crippen LogP contribution in [0.5, 0.6) is 0 Å². The molecular weight excluding hydrogens is 382 g/mol. The van der Waals surface area contributed by atoms with Crippen LogP contribution in [0, 0.1) is 13.8 Å². The summed E-state index contributed by atoms with van der Waals surface area (Å²) in [5.74, 6) is -0.678. The second-order valence-corrected chi connectivity index (χ2v) is 7.34. The van der Waals surface area contributed by atoms with Crippen LogP contribution in [0.3, 0.4) is 0 Å². The summed E-state index contributed by atoms with van der Waals surface area (Å²) in [5, 5.41) is 8.40. The molecule has 7 heteroatoms. The average molecular weight is 400 g/mol. The first-order chi connectivity index (χ1) is 12.9. The van der Waals surface area contributed by atoms with Gasteiger partial charge in [-0.3, -0.25) is 9.59 Å². The lowest BCUT2D eigenvalue weighted by Crippen LogP contribution is -2.33. The number of nitrogens with one attached hydrogen (secondary N) is 2. The standard InChI is InChI=1S/C20H18ClN3O2S/c1-12-5-3-6-13(2)18(12)24-17(25)10-22-19(26)16-11-27-20(23-16)14-7-4-8-15(21)9-14/h3-9,11H,10H2,1-2H3,(H,22,26)(H,24,25). The molecular formula is C20H18ClN3O2S. The SMILES string of the molecule is Cc1cccc(C)c1NC(=O)CNC(=O)c1csc(-c2cccc(Cl)c2)n1. The Hall–Kier alpha value is -2.70. The lowest BCUT2D eigenvalue weighted by molar-refractivity contribution is -0.115. The summed E-state index contributed by atoms with van der Waals surface area (Å²) in [6.45, 7) is 3.72. The van der Waals surface area contributed by atoms with Gasteiger partial charge in [-0.2, -0.15) is 0 Å². The lowest BCUT2D eigenvalue weighted by Gasteiger charge is -2.11. The third-order valence-electron chi connectivity index (χ3n) is 3.96. The van der Waals surface area contributed by atoms with Crippen LogP contribution in [0.2, 0.25) is 5.02 Å². The van der Waals surface area contributed by atoms with E-state index in [0.717, 1.165) is 22.4 Å². The topological polar surface area (TPSA) is 71.1 Å². The number of anilines is 1. The molecule has 1 heterocycles. The molecule has 0 aliphatic rings. The van der Waals surface area contributed by atoms with Gasteiger partial charge in [-0.15, -0.1) is 11.3 Å². The van der Waals surface area contributed by atoms with Gasteiger partial charge in [0.1, 0.15) is 10.7 Å². The Morgan fingerprint density at radius 3 is 2.52 bits per heavy atom. The minimum Gasteiger partial charge on any atom is -0.342 e. The van der Waals surface area contributed by atoms with Crippen molar-refractivity contribution in [2.24, 2.45) is 0 Å². The molecule has 2 amide bonds. The molecule has 0 saturated carbocycles. The lowest BCUT2D eigenvalue weighted by atomic mass is 10.1. The molecule has 2 N–H and O–H groups in total. The molecule has 5 nitrogen and oxygen atoms in total. The largest absolute Gasteiger partial charge is 0.342 e. The maximum atomic E-state index is 12.3. The molecule has 138 valence electrons. The molecule has 0 saturated heterocycles. The maximum absolute atomic E-state index is 12.3. The summed E-state index contributed by atoms with van der Waals surface area (Å²) >= 11 is 7.34. The van der Waals surface area contributed by atoms with Gasteiger partial charge in [0.15, 0.2) is 0 Å². The van der Waals surface area contributed by atoms with E-state index in [1.54, 1.807) is 17.5 Å². The minimum absolute atomic E-state index is 0.128. The zero-order valence-electron chi connectivity index (χ0n) is 14.9. The quantitative estimate of drug-likeness (QED) is 0.665. The number of nitrogens with zero attached hydrogens (tertiary/aromatic N) is 1. The zero-order chi connectivity index (χ0) is 19.4. The van der Waals surface area contributed by atoms with E-state index in [4.69, 9.17) is 11.6 Å². The van der Waals surface area contributed by atoms with Crippen LogP contribution in [-0.4, -0.2) is 23.3 Å². The maximum Gasteiger partial charge on any atom is 0.271 e. The normalized spacial score (nSPS) is 10.5. The Morgan fingerprint density at radius 1 is 1.11 bits per heavy atom. The van der Waals surface area contributed by atoms with Gasteiger partial charge in [0, 0.05) is 21.7 Å². The fraction of sp³-hybridized carbons (Fsp3) is 0.150. The van der Waals surface area contributed by atoms with E-state index in [1.165, 1.54) is 11.3 Å². The number of para-hydroxylation sites is 1.